The van der Waals surface area contributed by atoms with Gasteiger partial charge < -0.3 is 15.5 Å². The number of nitrogens with zero attached hydrogens (tertiary/aromatic N) is 1. The van der Waals surface area contributed by atoms with Gasteiger partial charge in [0.1, 0.15) is 5.82 Å². The maximum absolute atomic E-state index is 11.7. The van der Waals surface area contributed by atoms with Crippen LogP contribution in [0.15, 0.2) is 29.1 Å². The highest BCUT2D eigenvalue weighted by atomic mass is 16.5. The second kappa shape index (κ2) is 10.5. The van der Waals surface area contributed by atoms with Crippen LogP contribution in [0.25, 0.3) is 10.9 Å². The minimum atomic E-state index is -0.319. The van der Waals surface area contributed by atoms with E-state index in [0.717, 1.165) is 0 Å². The summed E-state index contributed by atoms with van der Waals surface area (Å²) in [6, 6.07) is 7.49. The molecule has 0 aliphatic rings. The summed E-state index contributed by atoms with van der Waals surface area (Å²) >= 11 is 0. The number of hydrogen-bond donors (Lipinski definition) is 2. The number of rotatable bonds is 6. The number of benzene rings is 1. The molecule has 0 aliphatic carbocycles. The topological polar surface area (TPSA) is 98.1 Å². The summed E-state index contributed by atoms with van der Waals surface area (Å²) in [6.45, 7) is 4.23. The third-order valence-electron chi connectivity index (χ3n) is 3.47. The molecule has 0 saturated heterocycles. The summed E-state index contributed by atoms with van der Waals surface area (Å²) in [5.74, 6) is 0.180. The van der Waals surface area contributed by atoms with E-state index in [1.165, 1.54) is 26.4 Å². The van der Waals surface area contributed by atoms with E-state index in [2.05, 4.69) is 28.6 Å². The fourth-order valence-electron chi connectivity index (χ4n) is 2.10. The lowest BCUT2D eigenvalue weighted by Gasteiger charge is -2.02. The van der Waals surface area contributed by atoms with E-state index in [1.54, 1.807) is 18.2 Å². The number of esters is 1. The molecular weight excluding hydrogens is 306 g/mol. The predicted octanol–water partition coefficient (Wildman–Crippen LogP) is 2.55. The van der Waals surface area contributed by atoms with E-state index < -0.39 is 0 Å². The number of methoxy groups -OCH3 is 1. The molecule has 132 valence electrons. The molecule has 0 fully saturated rings. The number of unbranched alkanes of at least 4 members (excludes halogenated alkanes) is 1. The van der Waals surface area contributed by atoms with Gasteiger partial charge in [0.2, 0.25) is 0 Å². The highest BCUT2D eigenvalue weighted by molar-refractivity contribution is 5.77. The number of carbonyl (C=O) groups excluding carboxylic acids is 1. The summed E-state index contributed by atoms with van der Waals surface area (Å²) in [7, 11) is 1.33. The van der Waals surface area contributed by atoms with Gasteiger partial charge in [-0.3, -0.25) is 9.59 Å². The number of aromatic nitrogens is 2. The highest BCUT2D eigenvalue weighted by Crippen LogP contribution is 2.06. The van der Waals surface area contributed by atoms with Crippen LogP contribution < -0.4 is 11.3 Å². The lowest BCUT2D eigenvalue weighted by Crippen LogP contribution is -2.13. The predicted molar refractivity (Wildman–Crippen MR) is 95.9 cm³/mol. The zero-order valence-corrected chi connectivity index (χ0v) is 14.7. The van der Waals surface area contributed by atoms with Gasteiger partial charge in [0, 0.05) is 12.5 Å². The van der Waals surface area contributed by atoms with Crippen molar-refractivity contribution in [1.29, 1.82) is 0 Å². The first-order chi connectivity index (χ1) is 11.5. The van der Waals surface area contributed by atoms with Gasteiger partial charge in [-0.15, -0.1) is 0 Å². The largest absolute Gasteiger partial charge is 0.469 e. The van der Waals surface area contributed by atoms with Crippen molar-refractivity contribution in [3.05, 3.63) is 40.4 Å². The molecule has 1 unspecified atom stereocenters. The van der Waals surface area contributed by atoms with Gasteiger partial charge in [0.05, 0.1) is 24.4 Å². The first kappa shape index (κ1) is 19.8. The Morgan fingerprint density at radius 1 is 1.38 bits per heavy atom. The van der Waals surface area contributed by atoms with Crippen LogP contribution in [0, 0.1) is 0 Å². The first-order valence-electron chi connectivity index (χ1n) is 8.28. The maximum Gasteiger partial charge on any atom is 0.305 e. The van der Waals surface area contributed by atoms with Gasteiger partial charge in [0.25, 0.3) is 5.56 Å². The summed E-state index contributed by atoms with van der Waals surface area (Å²) in [5, 5.41) is 0.550. The van der Waals surface area contributed by atoms with Crippen LogP contribution in [0.4, 0.5) is 0 Å². The van der Waals surface area contributed by atoms with E-state index in [1.807, 2.05) is 6.07 Å². The molecular formula is C18H27N3O3. The average molecular weight is 333 g/mol. The minimum Gasteiger partial charge on any atom is -0.469 e. The van der Waals surface area contributed by atoms with Crippen molar-refractivity contribution in [2.75, 3.05) is 7.11 Å². The van der Waals surface area contributed by atoms with Crippen molar-refractivity contribution in [1.82, 2.24) is 9.97 Å². The molecule has 1 atom stereocenters. The molecule has 0 saturated carbocycles. The highest BCUT2D eigenvalue weighted by Gasteiger charge is 2.06. The molecule has 24 heavy (non-hydrogen) atoms. The summed E-state index contributed by atoms with van der Waals surface area (Å²) < 4.78 is 4.53. The van der Waals surface area contributed by atoms with Gasteiger partial charge in [-0.05, 0) is 25.5 Å². The molecule has 2 aromatic rings. The maximum atomic E-state index is 11.7. The summed E-state index contributed by atoms with van der Waals surface area (Å²) in [5.41, 5.74) is 5.93. The van der Waals surface area contributed by atoms with Crippen molar-refractivity contribution in [3.63, 3.8) is 0 Å². The molecule has 0 bridgehead atoms. The van der Waals surface area contributed by atoms with Crippen molar-refractivity contribution < 1.29 is 9.53 Å². The summed E-state index contributed by atoms with van der Waals surface area (Å²) in [6.07, 6.45) is 4.29. The third-order valence-corrected chi connectivity index (χ3v) is 3.47. The minimum absolute atomic E-state index is 0.185. The van der Waals surface area contributed by atoms with E-state index in [-0.39, 0.29) is 17.9 Å². The van der Waals surface area contributed by atoms with Crippen molar-refractivity contribution >= 4 is 16.9 Å². The molecule has 1 heterocycles. The molecule has 6 nitrogen and oxygen atoms in total. The normalized spacial score (nSPS) is 11.5. The first-order valence-corrected chi connectivity index (χ1v) is 8.28. The van der Waals surface area contributed by atoms with Crippen LogP contribution >= 0.6 is 0 Å². The Bertz CT molecular complexity index is 695. The number of fused-ring (bicyclic) bond motifs is 1. The Balaban J connectivity index is 0.000000351. The Hall–Kier alpha value is -2.21. The molecule has 1 aromatic carbocycles. The number of nitrogens with one attached hydrogen (secondary N) is 1. The van der Waals surface area contributed by atoms with Gasteiger partial charge in [-0.25, -0.2) is 4.98 Å². The second-order valence-electron chi connectivity index (χ2n) is 5.73. The van der Waals surface area contributed by atoms with Crippen LogP contribution in [0.5, 0.6) is 0 Å². The molecule has 1 aromatic heterocycles. The Kier molecular flexibility index (Phi) is 8.71. The number of nitrogens with two attached hydrogens (primary N) is 1. The van der Waals surface area contributed by atoms with Crippen LogP contribution in [-0.4, -0.2) is 29.1 Å². The van der Waals surface area contributed by atoms with Crippen LogP contribution in [0.2, 0.25) is 0 Å². The zero-order chi connectivity index (χ0) is 17.9. The molecule has 0 amide bonds. The average Bonchev–Trinajstić information content (AvgIpc) is 2.58. The zero-order valence-electron chi connectivity index (χ0n) is 14.7. The lowest BCUT2D eigenvalue weighted by molar-refractivity contribution is -0.140. The second-order valence-corrected chi connectivity index (χ2v) is 5.73. The van der Waals surface area contributed by atoms with Crippen molar-refractivity contribution in [3.8, 4) is 0 Å². The van der Waals surface area contributed by atoms with E-state index in [9.17, 15) is 9.59 Å². The molecule has 6 heteroatoms. The van der Waals surface area contributed by atoms with E-state index >= 15 is 0 Å². The number of ether oxygens (including phenoxy) is 1. The SMILES string of the molecule is CCCCC(C)N.COC(=O)CCc1nc2ccccc2c(=O)[nH]1. The van der Waals surface area contributed by atoms with Gasteiger partial charge in [-0.2, -0.15) is 0 Å². The van der Waals surface area contributed by atoms with E-state index in [0.29, 0.717) is 29.2 Å². The Labute approximate surface area is 142 Å². The van der Waals surface area contributed by atoms with Crippen molar-refractivity contribution in [2.45, 2.75) is 52.0 Å². The number of carbonyl (C=O) groups is 1. The molecule has 0 spiro atoms. The standard InChI is InChI=1S/C12H12N2O3.C6H15N/c1-17-11(15)7-6-10-13-9-5-3-2-4-8(9)12(16)14-10;1-3-4-5-6(2)7/h2-5H,6-7H2,1H3,(H,13,14,16);6H,3-5,7H2,1-2H3. The molecule has 0 radical (unpaired) electrons. The monoisotopic (exact) mass is 333 g/mol. The third kappa shape index (κ3) is 6.91. The number of aryl methyl sites for hydroxylation is 1. The Morgan fingerprint density at radius 2 is 2.08 bits per heavy atom. The van der Waals surface area contributed by atoms with E-state index in [4.69, 9.17) is 5.73 Å². The Morgan fingerprint density at radius 3 is 2.67 bits per heavy atom. The molecule has 0 aliphatic heterocycles. The lowest BCUT2D eigenvalue weighted by atomic mass is 10.2. The van der Waals surface area contributed by atoms with Crippen LogP contribution in [0.3, 0.4) is 0 Å². The van der Waals surface area contributed by atoms with Crippen molar-refractivity contribution in [2.24, 2.45) is 5.73 Å². The number of hydrogen-bond acceptors (Lipinski definition) is 5. The number of aromatic amines is 1. The molecule has 3 N–H and O–H groups in total. The van der Waals surface area contributed by atoms with Crippen LogP contribution in [-0.2, 0) is 16.0 Å². The van der Waals surface area contributed by atoms with Gasteiger partial charge in [0.15, 0.2) is 0 Å². The fraction of sp³-hybridized carbons (Fsp3) is 0.500. The number of H-pyrrole nitrogens is 1. The smallest absolute Gasteiger partial charge is 0.305 e. The summed E-state index contributed by atoms with van der Waals surface area (Å²) in [4.78, 5) is 29.6. The van der Waals surface area contributed by atoms with Crippen LogP contribution in [0.1, 0.15) is 45.4 Å². The van der Waals surface area contributed by atoms with Gasteiger partial charge >= 0.3 is 5.97 Å². The number of para-hydroxylation sites is 1. The van der Waals surface area contributed by atoms with Gasteiger partial charge in [-0.1, -0.05) is 31.9 Å². The quantitative estimate of drug-likeness (QED) is 0.792. The molecule has 2 rings (SSSR count). The fourth-order valence-corrected chi connectivity index (χ4v) is 2.10.